The predicted molar refractivity (Wildman–Crippen MR) is 117 cm³/mol. The maximum absolute atomic E-state index is 11.7. The number of hydrogen-bond acceptors (Lipinski definition) is 8. The van der Waals surface area contributed by atoms with Gasteiger partial charge in [0.2, 0.25) is 16.0 Å². The lowest BCUT2D eigenvalue weighted by molar-refractivity contribution is 0.370. The van der Waals surface area contributed by atoms with Crippen molar-refractivity contribution in [2.75, 3.05) is 17.2 Å². The summed E-state index contributed by atoms with van der Waals surface area (Å²) in [5.41, 5.74) is 1.85. The first-order valence-electron chi connectivity index (χ1n) is 8.91. The van der Waals surface area contributed by atoms with Crippen molar-refractivity contribution < 1.29 is 13.2 Å². The number of primary sulfonamides is 1. The van der Waals surface area contributed by atoms with Crippen LogP contribution in [0.25, 0.3) is 0 Å². The van der Waals surface area contributed by atoms with Gasteiger partial charge in [0.05, 0.1) is 11.1 Å². The number of terminal acetylenes is 1. The van der Waals surface area contributed by atoms with Crippen LogP contribution in [-0.2, 0) is 10.0 Å². The smallest absolute Gasteiger partial charge is 0.238 e. The van der Waals surface area contributed by atoms with Crippen LogP contribution in [0.3, 0.4) is 0 Å². The van der Waals surface area contributed by atoms with Crippen molar-refractivity contribution in [3.63, 3.8) is 0 Å². The molecule has 9 nitrogen and oxygen atoms in total. The number of nitrogens with two attached hydrogens (primary N) is 1. The highest BCUT2D eigenvalue weighted by atomic mass is 32.2. The van der Waals surface area contributed by atoms with E-state index in [1.165, 1.54) is 12.3 Å². The minimum atomic E-state index is -3.87. The number of hydrogen-bond donors (Lipinski definition) is 3. The molecule has 0 bridgehead atoms. The van der Waals surface area contributed by atoms with Crippen molar-refractivity contribution >= 4 is 33.2 Å². The van der Waals surface area contributed by atoms with Crippen molar-refractivity contribution in [3.05, 3.63) is 59.8 Å². The molecule has 156 valence electrons. The van der Waals surface area contributed by atoms with E-state index in [1.54, 1.807) is 43.3 Å². The second-order valence-electron chi connectivity index (χ2n) is 6.36. The number of aromatic nitrogens is 2. The highest BCUT2D eigenvalue weighted by molar-refractivity contribution is 7.89. The quantitative estimate of drug-likeness (QED) is 0.482. The summed E-state index contributed by atoms with van der Waals surface area (Å²) in [7, 11) is -3.87. The number of aryl methyl sites for hydroxylation is 1. The number of anilines is 4. The highest BCUT2D eigenvalue weighted by Crippen LogP contribution is 2.24. The second-order valence-corrected chi connectivity index (χ2v) is 7.89. The van der Waals surface area contributed by atoms with Gasteiger partial charge >= 0.3 is 0 Å². The number of nitrogens with one attached hydrogen (secondary N) is 2. The molecule has 0 aliphatic rings. The zero-order chi connectivity index (χ0) is 22.4. The molecular weight excluding hydrogens is 416 g/mol. The zero-order valence-electron chi connectivity index (χ0n) is 16.5. The van der Waals surface area contributed by atoms with Gasteiger partial charge in [-0.1, -0.05) is 12.0 Å². The number of benzene rings is 2. The van der Waals surface area contributed by atoms with E-state index in [1.807, 2.05) is 6.07 Å². The first kappa shape index (κ1) is 21.6. The SMILES string of the molecule is C#CCOc1ccc(Nc2nc(Nc3ccc(C)c(S(N)(=O)=O)c3)ncc2C#N)cc1. The Morgan fingerprint density at radius 1 is 1.16 bits per heavy atom. The standard InChI is InChI=1S/C21H18N6O3S/c1-3-10-30-18-8-6-16(7-9-18)25-20-15(12-22)13-24-21(27-20)26-17-5-4-14(2)19(11-17)31(23,28)29/h1,4-9,11,13H,10H2,2H3,(H2,23,28,29)(H2,24,25,26,27). The zero-order valence-corrected chi connectivity index (χ0v) is 17.3. The summed E-state index contributed by atoms with van der Waals surface area (Å²) in [6, 6.07) is 13.7. The molecule has 0 saturated carbocycles. The minimum absolute atomic E-state index is 0.00311. The third-order valence-corrected chi connectivity index (χ3v) is 5.15. The third-order valence-electron chi connectivity index (χ3n) is 4.10. The van der Waals surface area contributed by atoms with Gasteiger partial charge in [-0.05, 0) is 48.9 Å². The van der Waals surface area contributed by atoms with Crippen LogP contribution in [0.15, 0.2) is 53.6 Å². The van der Waals surface area contributed by atoms with E-state index < -0.39 is 10.0 Å². The fourth-order valence-corrected chi connectivity index (χ4v) is 3.44. The second kappa shape index (κ2) is 9.13. The minimum Gasteiger partial charge on any atom is -0.481 e. The number of rotatable bonds is 7. The molecule has 0 amide bonds. The Hall–Kier alpha value is -4.12. The number of sulfonamides is 1. The summed E-state index contributed by atoms with van der Waals surface area (Å²) in [5.74, 6) is 3.44. The van der Waals surface area contributed by atoms with E-state index in [2.05, 4.69) is 26.5 Å². The number of nitriles is 1. The summed E-state index contributed by atoms with van der Waals surface area (Å²) in [4.78, 5) is 8.43. The van der Waals surface area contributed by atoms with Crippen LogP contribution >= 0.6 is 0 Å². The van der Waals surface area contributed by atoms with Gasteiger partial charge in [0.15, 0.2) is 5.82 Å². The molecule has 1 heterocycles. The van der Waals surface area contributed by atoms with Gasteiger partial charge in [-0.15, -0.1) is 6.42 Å². The molecule has 0 aliphatic carbocycles. The lowest BCUT2D eigenvalue weighted by Gasteiger charge is -2.12. The van der Waals surface area contributed by atoms with Crippen LogP contribution in [0, 0.1) is 30.6 Å². The Bertz CT molecular complexity index is 1290. The lowest BCUT2D eigenvalue weighted by Crippen LogP contribution is -2.14. The van der Waals surface area contributed by atoms with Crippen LogP contribution in [0.2, 0.25) is 0 Å². The van der Waals surface area contributed by atoms with Crippen LogP contribution in [0.1, 0.15) is 11.1 Å². The molecular formula is C21H18N6O3S. The topological polar surface area (TPSA) is 143 Å². The molecule has 0 atom stereocenters. The van der Waals surface area contributed by atoms with Crippen molar-refractivity contribution in [3.8, 4) is 24.2 Å². The Balaban J connectivity index is 1.85. The largest absolute Gasteiger partial charge is 0.481 e. The van der Waals surface area contributed by atoms with Gasteiger partial charge < -0.3 is 15.4 Å². The Kier molecular flexibility index (Phi) is 6.36. The fourth-order valence-electron chi connectivity index (χ4n) is 2.63. The summed E-state index contributed by atoms with van der Waals surface area (Å²) in [5, 5.41) is 20.6. The molecule has 0 radical (unpaired) electrons. The molecule has 10 heteroatoms. The number of ether oxygens (including phenoxy) is 1. The van der Waals surface area contributed by atoms with Gasteiger partial charge in [0, 0.05) is 11.4 Å². The summed E-state index contributed by atoms with van der Waals surface area (Å²) >= 11 is 0. The molecule has 2 aromatic carbocycles. The van der Waals surface area contributed by atoms with E-state index in [4.69, 9.17) is 16.3 Å². The summed E-state index contributed by atoms with van der Waals surface area (Å²) < 4.78 is 28.8. The molecule has 31 heavy (non-hydrogen) atoms. The van der Waals surface area contributed by atoms with Crippen molar-refractivity contribution in [1.82, 2.24) is 9.97 Å². The van der Waals surface area contributed by atoms with Crippen molar-refractivity contribution in [1.29, 1.82) is 5.26 Å². The van der Waals surface area contributed by atoms with Crippen molar-refractivity contribution in [2.24, 2.45) is 5.14 Å². The molecule has 0 aliphatic heterocycles. The lowest BCUT2D eigenvalue weighted by atomic mass is 10.2. The van der Waals surface area contributed by atoms with Gasteiger partial charge in [0.1, 0.15) is 24.0 Å². The monoisotopic (exact) mass is 434 g/mol. The van der Waals surface area contributed by atoms with E-state index in [9.17, 15) is 13.7 Å². The summed E-state index contributed by atoms with van der Waals surface area (Å²) in [6.45, 7) is 1.81. The van der Waals surface area contributed by atoms with E-state index in [-0.39, 0.29) is 28.8 Å². The third kappa shape index (κ3) is 5.48. The average molecular weight is 434 g/mol. The molecule has 0 fully saturated rings. The number of nitrogens with zero attached hydrogens (tertiary/aromatic N) is 3. The van der Waals surface area contributed by atoms with E-state index >= 15 is 0 Å². The summed E-state index contributed by atoms with van der Waals surface area (Å²) in [6.07, 6.45) is 6.53. The van der Waals surface area contributed by atoms with E-state index in [0.29, 0.717) is 22.7 Å². The molecule has 4 N–H and O–H groups in total. The molecule has 1 aromatic heterocycles. The maximum Gasteiger partial charge on any atom is 0.238 e. The first-order chi connectivity index (χ1) is 14.8. The fraction of sp³-hybridized carbons (Fsp3) is 0.0952. The van der Waals surface area contributed by atoms with Gasteiger partial charge in [-0.3, -0.25) is 0 Å². The molecule has 0 saturated heterocycles. The van der Waals surface area contributed by atoms with Gasteiger partial charge in [0.25, 0.3) is 0 Å². The van der Waals surface area contributed by atoms with Crippen LogP contribution in [0.5, 0.6) is 5.75 Å². The van der Waals surface area contributed by atoms with Crippen LogP contribution < -0.4 is 20.5 Å². The van der Waals surface area contributed by atoms with Crippen molar-refractivity contribution in [2.45, 2.75) is 11.8 Å². The highest BCUT2D eigenvalue weighted by Gasteiger charge is 2.13. The molecule has 0 spiro atoms. The Morgan fingerprint density at radius 2 is 1.87 bits per heavy atom. The average Bonchev–Trinajstić information content (AvgIpc) is 2.74. The molecule has 0 unspecified atom stereocenters. The van der Waals surface area contributed by atoms with Gasteiger partial charge in [-0.2, -0.15) is 10.2 Å². The van der Waals surface area contributed by atoms with Crippen LogP contribution in [0.4, 0.5) is 23.1 Å². The molecule has 3 aromatic rings. The normalized spacial score (nSPS) is 10.6. The first-order valence-corrected chi connectivity index (χ1v) is 10.5. The van der Waals surface area contributed by atoms with E-state index in [0.717, 1.165) is 0 Å². The van der Waals surface area contributed by atoms with Gasteiger partial charge in [-0.25, -0.2) is 18.5 Å². The Morgan fingerprint density at radius 3 is 2.52 bits per heavy atom. The Labute approximate surface area is 180 Å². The molecule has 3 rings (SSSR count). The predicted octanol–water partition coefficient (Wildman–Crippen LogP) is 2.80. The maximum atomic E-state index is 11.7. The van der Waals surface area contributed by atoms with Crippen LogP contribution in [-0.4, -0.2) is 25.0 Å².